The largest absolute Gasteiger partial charge is 0.444 e. The molecule has 1 amide bonds. The SMILES string of the molecule is Cc1ccn([C@@H]2CCCN(C(=O)OC(C)(C)C)C2)n1. The molecule has 1 saturated heterocycles. The molecule has 1 aromatic heterocycles. The molecule has 19 heavy (non-hydrogen) atoms. The van der Waals surface area contributed by atoms with Gasteiger partial charge in [-0.1, -0.05) is 0 Å². The van der Waals surface area contributed by atoms with Crippen LogP contribution in [0.4, 0.5) is 4.79 Å². The van der Waals surface area contributed by atoms with Crippen molar-refractivity contribution in [1.82, 2.24) is 14.7 Å². The maximum Gasteiger partial charge on any atom is 0.410 e. The second kappa shape index (κ2) is 5.23. The van der Waals surface area contributed by atoms with Gasteiger partial charge in [-0.3, -0.25) is 4.68 Å². The molecule has 5 heteroatoms. The lowest BCUT2D eigenvalue weighted by atomic mass is 10.1. The van der Waals surface area contributed by atoms with Gasteiger partial charge in [0.15, 0.2) is 0 Å². The topological polar surface area (TPSA) is 47.4 Å². The molecule has 106 valence electrons. The van der Waals surface area contributed by atoms with Crippen molar-refractivity contribution in [1.29, 1.82) is 0 Å². The molecule has 1 aromatic rings. The Morgan fingerprint density at radius 3 is 2.79 bits per heavy atom. The van der Waals surface area contributed by atoms with Crippen molar-refractivity contribution >= 4 is 6.09 Å². The van der Waals surface area contributed by atoms with Crippen LogP contribution in [-0.4, -0.2) is 39.5 Å². The van der Waals surface area contributed by atoms with Gasteiger partial charge in [-0.05, 0) is 46.6 Å². The average Bonchev–Trinajstić information content (AvgIpc) is 2.74. The van der Waals surface area contributed by atoms with E-state index < -0.39 is 5.60 Å². The number of likely N-dealkylation sites (tertiary alicyclic amines) is 1. The molecule has 2 heterocycles. The molecule has 0 N–H and O–H groups in total. The number of piperidine rings is 1. The van der Waals surface area contributed by atoms with Crippen LogP contribution in [0.15, 0.2) is 12.3 Å². The van der Waals surface area contributed by atoms with Gasteiger partial charge in [0.2, 0.25) is 0 Å². The minimum atomic E-state index is -0.438. The van der Waals surface area contributed by atoms with E-state index in [-0.39, 0.29) is 12.1 Å². The van der Waals surface area contributed by atoms with E-state index in [4.69, 9.17) is 4.74 Å². The van der Waals surface area contributed by atoms with Crippen molar-refractivity contribution in [2.24, 2.45) is 0 Å². The first-order valence-electron chi connectivity index (χ1n) is 6.85. The zero-order chi connectivity index (χ0) is 14.0. The van der Waals surface area contributed by atoms with Gasteiger partial charge >= 0.3 is 6.09 Å². The monoisotopic (exact) mass is 265 g/mol. The molecule has 1 aliphatic rings. The van der Waals surface area contributed by atoms with E-state index in [0.717, 1.165) is 25.1 Å². The summed E-state index contributed by atoms with van der Waals surface area (Å²) >= 11 is 0. The fraction of sp³-hybridized carbons (Fsp3) is 0.714. The molecule has 2 rings (SSSR count). The van der Waals surface area contributed by atoms with Crippen LogP contribution in [0.1, 0.15) is 45.3 Å². The third kappa shape index (κ3) is 3.72. The Morgan fingerprint density at radius 1 is 1.47 bits per heavy atom. The summed E-state index contributed by atoms with van der Waals surface area (Å²) in [5.41, 5.74) is 0.571. The quantitative estimate of drug-likeness (QED) is 0.784. The van der Waals surface area contributed by atoms with E-state index in [1.165, 1.54) is 0 Å². The molecular formula is C14H23N3O2. The lowest BCUT2D eigenvalue weighted by Gasteiger charge is -2.34. The highest BCUT2D eigenvalue weighted by Crippen LogP contribution is 2.22. The highest BCUT2D eigenvalue weighted by molar-refractivity contribution is 5.68. The summed E-state index contributed by atoms with van der Waals surface area (Å²) in [6, 6.07) is 2.25. The Hall–Kier alpha value is -1.52. The van der Waals surface area contributed by atoms with E-state index in [1.807, 2.05) is 44.6 Å². The van der Waals surface area contributed by atoms with Crippen LogP contribution >= 0.6 is 0 Å². The molecule has 1 aliphatic heterocycles. The third-order valence-corrected chi connectivity index (χ3v) is 3.16. The summed E-state index contributed by atoms with van der Waals surface area (Å²) in [5.74, 6) is 0. The highest BCUT2D eigenvalue weighted by atomic mass is 16.6. The van der Waals surface area contributed by atoms with E-state index in [9.17, 15) is 4.79 Å². The Bertz CT molecular complexity index is 448. The van der Waals surface area contributed by atoms with Crippen molar-refractivity contribution in [2.45, 2.75) is 52.2 Å². The van der Waals surface area contributed by atoms with E-state index >= 15 is 0 Å². The molecular weight excluding hydrogens is 242 g/mol. The van der Waals surface area contributed by atoms with E-state index in [2.05, 4.69) is 5.10 Å². The Morgan fingerprint density at radius 2 is 2.21 bits per heavy atom. The standard InChI is InChI=1S/C14H23N3O2/c1-11-7-9-17(15-11)12-6-5-8-16(10-12)13(18)19-14(2,3)4/h7,9,12H,5-6,8,10H2,1-4H3/t12-/m1/s1. The number of aryl methyl sites for hydroxylation is 1. The van der Waals surface area contributed by atoms with Gasteiger partial charge in [0, 0.05) is 19.3 Å². The van der Waals surface area contributed by atoms with Gasteiger partial charge in [-0.15, -0.1) is 0 Å². The number of nitrogens with zero attached hydrogens (tertiary/aromatic N) is 3. The van der Waals surface area contributed by atoms with Gasteiger partial charge in [0.25, 0.3) is 0 Å². The number of carbonyl (C=O) groups excluding carboxylic acids is 1. The first-order valence-corrected chi connectivity index (χ1v) is 6.85. The Balaban J connectivity index is 1.99. The van der Waals surface area contributed by atoms with Gasteiger partial charge in [0.1, 0.15) is 5.60 Å². The number of amides is 1. The number of aromatic nitrogens is 2. The van der Waals surface area contributed by atoms with Crippen LogP contribution in [0.2, 0.25) is 0 Å². The molecule has 0 saturated carbocycles. The molecule has 0 bridgehead atoms. The Labute approximate surface area is 114 Å². The van der Waals surface area contributed by atoms with Crippen molar-refractivity contribution in [3.63, 3.8) is 0 Å². The molecule has 1 atom stereocenters. The maximum absolute atomic E-state index is 12.1. The van der Waals surface area contributed by atoms with E-state index in [0.29, 0.717) is 6.54 Å². The normalized spacial score (nSPS) is 20.4. The first kappa shape index (κ1) is 13.9. The molecule has 0 unspecified atom stereocenters. The minimum absolute atomic E-state index is 0.221. The number of hydrogen-bond acceptors (Lipinski definition) is 3. The predicted octanol–water partition coefficient (Wildman–Crippen LogP) is 2.76. The van der Waals surface area contributed by atoms with Crippen LogP contribution in [0.25, 0.3) is 0 Å². The maximum atomic E-state index is 12.1. The van der Waals surface area contributed by atoms with Gasteiger partial charge in [-0.25, -0.2) is 4.79 Å². The van der Waals surface area contributed by atoms with Crippen LogP contribution in [0.3, 0.4) is 0 Å². The molecule has 0 radical (unpaired) electrons. The van der Waals surface area contributed by atoms with Crippen LogP contribution in [0.5, 0.6) is 0 Å². The van der Waals surface area contributed by atoms with Crippen molar-refractivity contribution in [3.8, 4) is 0 Å². The van der Waals surface area contributed by atoms with Crippen LogP contribution in [0, 0.1) is 6.92 Å². The van der Waals surface area contributed by atoms with Crippen molar-refractivity contribution in [2.75, 3.05) is 13.1 Å². The van der Waals surface area contributed by atoms with Gasteiger partial charge < -0.3 is 9.64 Å². The smallest absolute Gasteiger partial charge is 0.410 e. The Kier molecular flexibility index (Phi) is 3.83. The van der Waals surface area contributed by atoms with Gasteiger partial charge in [-0.2, -0.15) is 5.10 Å². The van der Waals surface area contributed by atoms with Crippen LogP contribution in [-0.2, 0) is 4.74 Å². The molecule has 1 fully saturated rings. The fourth-order valence-corrected chi connectivity index (χ4v) is 2.30. The lowest BCUT2D eigenvalue weighted by Crippen LogP contribution is -2.43. The summed E-state index contributed by atoms with van der Waals surface area (Å²) in [7, 11) is 0. The number of ether oxygens (including phenoxy) is 1. The second-order valence-corrected chi connectivity index (χ2v) is 6.16. The van der Waals surface area contributed by atoms with Crippen molar-refractivity contribution < 1.29 is 9.53 Å². The van der Waals surface area contributed by atoms with Crippen LogP contribution < -0.4 is 0 Å². The highest BCUT2D eigenvalue weighted by Gasteiger charge is 2.28. The number of carbonyl (C=O) groups is 1. The summed E-state index contributed by atoms with van der Waals surface area (Å²) in [4.78, 5) is 13.9. The zero-order valence-corrected chi connectivity index (χ0v) is 12.2. The summed E-state index contributed by atoms with van der Waals surface area (Å²) in [5, 5.41) is 4.44. The van der Waals surface area contributed by atoms with E-state index in [1.54, 1.807) is 4.90 Å². The lowest BCUT2D eigenvalue weighted by molar-refractivity contribution is 0.0167. The predicted molar refractivity (Wildman–Crippen MR) is 73.0 cm³/mol. The zero-order valence-electron chi connectivity index (χ0n) is 12.2. The minimum Gasteiger partial charge on any atom is -0.444 e. The average molecular weight is 265 g/mol. The first-order chi connectivity index (χ1) is 8.85. The molecule has 0 aromatic carbocycles. The molecule has 5 nitrogen and oxygen atoms in total. The second-order valence-electron chi connectivity index (χ2n) is 6.16. The summed E-state index contributed by atoms with van der Waals surface area (Å²) in [6.45, 7) is 9.10. The fourth-order valence-electron chi connectivity index (χ4n) is 2.30. The van der Waals surface area contributed by atoms with Crippen molar-refractivity contribution in [3.05, 3.63) is 18.0 Å². The number of hydrogen-bond donors (Lipinski definition) is 0. The van der Waals surface area contributed by atoms with Gasteiger partial charge in [0.05, 0.1) is 11.7 Å². The number of rotatable bonds is 1. The summed E-state index contributed by atoms with van der Waals surface area (Å²) < 4.78 is 7.39. The third-order valence-electron chi connectivity index (χ3n) is 3.16. The molecule has 0 aliphatic carbocycles. The summed E-state index contributed by atoms with van der Waals surface area (Å²) in [6.07, 6.45) is 3.81. The molecule has 0 spiro atoms.